The Hall–Kier alpha value is -2.37. The number of benzene rings is 1. The van der Waals surface area contributed by atoms with Gasteiger partial charge in [0.25, 0.3) is 0 Å². The number of anilines is 1. The van der Waals surface area contributed by atoms with Gasteiger partial charge in [0.15, 0.2) is 0 Å². The van der Waals surface area contributed by atoms with E-state index in [-0.39, 0.29) is 6.42 Å². The molecule has 0 radical (unpaired) electrons. The largest absolute Gasteiger partial charge is 0.497 e. The third kappa shape index (κ3) is 1.92. The lowest BCUT2D eigenvalue weighted by Crippen LogP contribution is -2.53. The molecule has 0 aromatic heterocycles. The fourth-order valence-corrected chi connectivity index (χ4v) is 1.69. The monoisotopic (exact) mass is 248 g/mol. The average molecular weight is 248 g/mol. The van der Waals surface area contributed by atoms with Gasteiger partial charge in [-0.2, -0.15) is 0 Å². The quantitative estimate of drug-likeness (QED) is 0.732. The van der Waals surface area contributed by atoms with Gasteiger partial charge in [-0.1, -0.05) is 6.07 Å². The Kier molecular flexibility index (Phi) is 3.01. The van der Waals surface area contributed by atoms with Crippen molar-refractivity contribution in [3.8, 4) is 5.75 Å². The van der Waals surface area contributed by atoms with Crippen LogP contribution < -0.4 is 9.64 Å². The summed E-state index contributed by atoms with van der Waals surface area (Å²) in [6.07, 6.45) is -0.306. The molecule has 0 bridgehead atoms. The van der Waals surface area contributed by atoms with Gasteiger partial charge in [-0.15, -0.1) is 0 Å². The van der Waals surface area contributed by atoms with Crippen molar-refractivity contribution in [1.82, 2.24) is 4.90 Å². The Labute approximate surface area is 104 Å². The molecule has 18 heavy (non-hydrogen) atoms. The van der Waals surface area contributed by atoms with Crippen LogP contribution in [-0.4, -0.2) is 36.9 Å². The van der Waals surface area contributed by atoms with Crippen LogP contribution in [-0.2, 0) is 9.59 Å². The number of rotatable bonds is 2. The number of ether oxygens (including phenoxy) is 1. The van der Waals surface area contributed by atoms with E-state index in [2.05, 4.69) is 0 Å². The van der Waals surface area contributed by atoms with Gasteiger partial charge in [0, 0.05) is 13.1 Å². The SMILES string of the molecule is COc1cccc(N2C(=O)CC(=O)N(C)C2=O)c1. The molecule has 1 aromatic carbocycles. The fraction of sp³-hybridized carbons (Fsp3) is 0.250. The van der Waals surface area contributed by atoms with Crippen molar-refractivity contribution in [2.75, 3.05) is 19.1 Å². The van der Waals surface area contributed by atoms with Gasteiger partial charge < -0.3 is 4.74 Å². The molecule has 0 atom stereocenters. The predicted octanol–water partition coefficient (Wildman–Crippen LogP) is 1.01. The van der Waals surface area contributed by atoms with Crippen LogP contribution in [0.4, 0.5) is 10.5 Å². The topological polar surface area (TPSA) is 66.9 Å². The van der Waals surface area contributed by atoms with E-state index in [4.69, 9.17) is 4.74 Å². The molecule has 0 unspecified atom stereocenters. The van der Waals surface area contributed by atoms with Crippen molar-refractivity contribution in [3.05, 3.63) is 24.3 Å². The second-order valence-electron chi connectivity index (χ2n) is 3.84. The first kappa shape index (κ1) is 12.1. The lowest BCUT2D eigenvalue weighted by atomic mass is 10.2. The van der Waals surface area contributed by atoms with Crippen molar-refractivity contribution in [2.45, 2.75) is 6.42 Å². The normalized spacial score (nSPS) is 16.2. The molecule has 2 rings (SSSR count). The second kappa shape index (κ2) is 4.48. The van der Waals surface area contributed by atoms with Crippen LogP contribution in [0.1, 0.15) is 6.42 Å². The standard InChI is InChI=1S/C12H12N2O4/c1-13-10(15)7-11(16)14(12(13)17)8-4-3-5-9(6-8)18-2/h3-6H,7H2,1-2H3. The molecule has 1 saturated heterocycles. The first-order valence-corrected chi connectivity index (χ1v) is 5.32. The van der Waals surface area contributed by atoms with E-state index in [0.717, 1.165) is 9.80 Å². The van der Waals surface area contributed by atoms with Gasteiger partial charge in [-0.3, -0.25) is 14.5 Å². The molecule has 0 N–H and O–H groups in total. The van der Waals surface area contributed by atoms with E-state index < -0.39 is 17.8 Å². The Morgan fingerprint density at radius 2 is 1.89 bits per heavy atom. The molecule has 6 heteroatoms. The number of carbonyl (C=O) groups excluding carboxylic acids is 3. The highest BCUT2D eigenvalue weighted by molar-refractivity contribution is 6.26. The summed E-state index contributed by atoms with van der Waals surface area (Å²) >= 11 is 0. The Morgan fingerprint density at radius 1 is 1.17 bits per heavy atom. The Morgan fingerprint density at radius 3 is 2.56 bits per heavy atom. The van der Waals surface area contributed by atoms with E-state index in [9.17, 15) is 14.4 Å². The minimum Gasteiger partial charge on any atom is -0.497 e. The smallest absolute Gasteiger partial charge is 0.337 e. The molecular formula is C12H12N2O4. The summed E-state index contributed by atoms with van der Waals surface area (Å²) < 4.78 is 5.03. The Balaban J connectivity index is 2.39. The van der Waals surface area contributed by atoms with Gasteiger partial charge >= 0.3 is 6.03 Å². The van der Waals surface area contributed by atoms with Gasteiger partial charge in [0.05, 0.1) is 12.8 Å². The first-order valence-electron chi connectivity index (χ1n) is 5.32. The van der Waals surface area contributed by atoms with Crippen molar-refractivity contribution in [2.24, 2.45) is 0 Å². The van der Waals surface area contributed by atoms with Crippen LogP contribution in [0.5, 0.6) is 5.75 Å². The molecule has 1 fully saturated rings. The summed E-state index contributed by atoms with van der Waals surface area (Å²) in [6.45, 7) is 0. The maximum atomic E-state index is 11.9. The summed E-state index contributed by atoms with van der Waals surface area (Å²) in [4.78, 5) is 36.9. The molecule has 6 nitrogen and oxygen atoms in total. The molecule has 0 aliphatic carbocycles. The highest BCUT2D eigenvalue weighted by Gasteiger charge is 2.36. The molecule has 0 saturated carbocycles. The van der Waals surface area contributed by atoms with E-state index in [1.165, 1.54) is 14.2 Å². The van der Waals surface area contributed by atoms with Gasteiger partial charge in [0.1, 0.15) is 12.2 Å². The molecule has 0 spiro atoms. The van der Waals surface area contributed by atoms with Gasteiger partial charge in [-0.05, 0) is 12.1 Å². The predicted molar refractivity (Wildman–Crippen MR) is 63.3 cm³/mol. The summed E-state index contributed by atoms with van der Waals surface area (Å²) in [6, 6.07) is 5.91. The number of hydrogen-bond donors (Lipinski definition) is 0. The van der Waals surface area contributed by atoms with Crippen LogP contribution in [0.15, 0.2) is 24.3 Å². The Bertz CT molecular complexity index is 527. The summed E-state index contributed by atoms with van der Waals surface area (Å²) in [5, 5.41) is 0. The maximum absolute atomic E-state index is 11.9. The van der Waals surface area contributed by atoms with Crippen LogP contribution in [0.3, 0.4) is 0 Å². The van der Waals surface area contributed by atoms with Crippen molar-refractivity contribution in [3.63, 3.8) is 0 Å². The minimum absolute atomic E-state index is 0.306. The minimum atomic E-state index is -0.649. The number of nitrogens with zero attached hydrogens (tertiary/aromatic N) is 2. The highest BCUT2D eigenvalue weighted by atomic mass is 16.5. The first-order chi connectivity index (χ1) is 8.54. The highest BCUT2D eigenvalue weighted by Crippen LogP contribution is 2.24. The summed E-state index contributed by atoms with van der Waals surface area (Å²) in [5.74, 6) is -0.492. The fourth-order valence-electron chi connectivity index (χ4n) is 1.69. The number of barbiturate groups is 1. The number of urea groups is 1. The molecule has 1 aromatic rings. The third-order valence-corrected chi connectivity index (χ3v) is 2.72. The number of methoxy groups -OCH3 is 1. The van der Waals surface area contributed by atoms with Crippen LogP contribution in [0.25, 0.3) is 0 Å². The molecule has 4 amide bonds. The molecule has 94 valence electrons. The lowest BCUT2D eigenvalue weighted by Gasteiger charge is -2.30. The number of imide groups is 2. The molecule has 1 heterocycles. The van der Waals surface area contributed by atoms with Gasteiger partial charge in [-0.25, -0.2) is 9.69 Å². The second-order valence-corrected chi connectivity index (χ2v) is 3.84. The maximum Gasteiger partial charge on any atom is 0.337 e. The number of amides is 4. The number of hydrogen-bond acceptors (Lipinski definition) is 4. The van der Waals surface area contributed by atoms with Crippen molar-refractivity contribution >= 4 is 23.5 Å². The summed E-state index contributed by atoms with van der Waals surface area (Å²) in [5.41, 5.74) is 0.392. The summed E-state index contributed by atoms with van der Waals surface area (Å²) in [7, 11) is 2.85. The van der Waals surface area contributed by atoms with Crippen LogP contribution >= 0.6 is 0 Å². The third-order valence-electron chi connectivity index (χ3n) is 2.72. The van der Waals surface area contributed by atoms with E-state index in [1.54, 1.807) is 24.3 Å². The van der Waals surface area contributed by atoms with Crippen molar-refractivity contribution < 1.29 is 19.1 Å². The zero-order valence-electron chi connectivity index (χ0n) is 10.0. The van der Waals surface area contributed by atoms with E-state index in [0.29, 0.717) is 11.4 Å². The van der Waals surface area contributed by atoms with Gasteiger partial charge in [0.2, 0.25) is 11.8 Å². The molecule has 1 aliphatic heterocycles. The molecular weight excluding hydrogens is 236 g/mol. The van der Waals surface area contributed by atoms with E-state index >= 15 is 0 Å². The zero-order chi connectivity index (χ0) is 13.3. The van der Waals surface area contributed by atoms with Crippen LogP contribution in [0, 0.1) is 0 Å². The average Bonchev–Trinajstić information content (AvgIpc) is 2.36. The van der Waals surface area contributed by atoms with Crippen LogP contribution in [0.2, 0.25) is 0 Å². The zero-order valence-corrected chi connectivity index (χ0v) is 10.0. The number of carbonyl (C=O) groups is 3. The van der Waals surface area contributed by atoms with E-state index in [1.807, 2.05) is 0 Å². The lowest BCUT2D eigenvalue weighted by molar-refractivity contribution is -0.133. The molecule has 1 aliphatic rings. The van der Waals surface area contributed by atoms with Crippen molar-refractivity contribution in [1.29, 1.82) is 0 Å².